The van der Waals surface area contributed by atoms with E-state index in [9.17, 15) is 22.6 Å². The number of nitrogens with zero attached hydrogens (tertiary/aromatic N) is 7. The van der Waals surface area contributed by atoms with Crippen molar-refractivity contribution in [2.75, 3.05) is 48.7 Å². The molecule has 2 unspecified atom stereocenters. The van der Waals surface area contributed by atoms with Gasteiger partial charge in [-0.2, -0.15) is 13.9 Å². The number of hydrogen-bond donors (Lipinski definition) is 2. The Bertz CT molecular complexity index is 1590. The van der Waals surface area contributed by atoms with Gasteiger partial charge in [0.15, 0.2) is 11.6 Å². The number of rotatable bonds is 11. The Morgan fingerprint density at radius 2 is 1.79 bits per heavy atom. The van der Waals surface area contributed by atoms with Crippen molar-refractivity contribution in [3.8, 4) is 5.75 Å². The molecule has 1 aromatic carbocycles. The number of aromatic nitrogens is 4. The van der Waals surface area contributed by atoms with Crippen LogP contribution in [0.5, 0.6) is 5.75 Å². The fourth-order valence-corrected chi connectivity index (χ4v) is 8.09. The molecule has 2 N–H and O–H groups in total. The molecule has 0 saturated carbocycles. The van der Waals surface area contributed by atoms with Gasteiger partial charge in [0.05, 0.1) is 28.9 Å². The third kappa shape index (κ3) is 7.87. The molecule has 3 aliphatic rings. The molecule has 3 aliphatic heterocycles. The smallest absolute Gasteiger partial charge is 0.387 e. The number of likely N-dealkylation sites (tertiary alicyclic amines) is 1. The number of fused-ring (bicyclic) bond motifs is 1. The van der Waals surface area contributed by atoms with E-state index in [-0.39, 0.29) is 24.1 Å². The Hall–Kier alpha value is -3.76. The number of alkyl halides is 2. The summed E-state index contributed by atoms with van der Waals surface area (Å²) in [6.45, 7) is 2.97. The first-order valence-electron chi connectivity index (χ1n) is 16.1. The molecule has 3 amide bonds. The van der Waals surface area contributed by atoms with E-state index in [0.29, 0.717) is 49.1 Å². The van der Waals surface area contributed by atoms with E-state index >= 15 is 0 Å². The minimum atomic E-state index is -2.91. The zero-order valence-corrected chi connectivity index (χ0v) is 27.4. The van der Waals surface area contributed by atoms with Crippen LogP contribution in [0.15, 0.2) is 30.6 Å². The molecule has 254 valence electrons. The Kier molecular flexibility index (Phi) is 10.3. The Balaban J connectivity index is 0.937. The molecule has 0 spiro atoms. The summed E-state index contributed by atoms with van der Waals surface area (Å²) in [7, 11) is 0.827. The Labute approximate surface area is 274 Å². The molecule has 0 aliphatic carbocycles. The third-order valence-corrected chi connectivity index (χ3v) is 11.0. The first-order chi connectivity index (χ1) is 22.6. The van der Waals surface area contributed by atoms with E-state index < -0.39 is 23.6 Å². The lowest BCUT2D eigenvalue weighted by Crippen LogP contribution is -2.49. The van der Waals surface area contributed by atoms with Crippen molar-refractivity contribution >= 4 is 45.6 Å². The Morgan fingerprint density at radius 1 is 1.06 bits per heavy atom. The fourth-order valence-electron chi connectivity index (χ4n) is 6.67. The van der Waals surface area contributed by atoms with Gasteiger partial charge in [0.1, 0.15) is 0 Å². The summed E-state index contributed by atoms with van der Waals surface area (Å²) in [5.41, 5.74) is 2.23. The molecule has 3 saturated heterocycles. The van der Waals surface area contributed by atoms with E-state index in [1.807, 2.05) is 17.4 Å². The van der Waals surface area contributed by atoms with Crippen molar-refractivity contribution in [1.29, 1.82) is 0 Å². The summed E-state index contributed by atoms with van der Waals surface area (Å²) < 4.78 is 45.9. The maximum absolute atomic E-state index is 13.1. The fraction of sp³-hybridized carbons (Fsp3) is 0.581. The van der Waals surface area contributed by atoms with Gasteiger partial charge in [0.2, 0.25) is 11.9 Å². The van der Waals surface area contributed by atoms with E-state index in [0.717, 1.165) is 56.1 Å². The molecule has 16 heteroatoms. The van der Waals surface area contributed by atoms with Gasteiger partial charge in [-0.05, 0) is 75.7 Å². The zero-order chi connectivity index (χ0) is 33.1. The highest BCUT2D eigenvalue weighted by atomic mass is 32.2. The average Bonchev–Trinajstić information content (AvgIpc) is 3.39. The molecule has 2 aromatic heterocycles. The molecular formula is C31H41F2N9O4S. The van der Waals surface area contributed by atoms with Crippen LogP contribution in [0.25, 0.3) is 10.9 Å². The molecule has 0 radical (unpaired) electrons. The summed E-state index contributed by atoms with van der Waals surface area (Å²) in [6.07, 6.45) is 7.19. The van der Waals surface area contributed by atoms with Crippen LogP contribution in [0.3, 0.4) is 0 Å². The van der Waals surface area contributed by atoms with E-state index in [1.54, 1.807) is 4.68 Å². The van der Waals surface area contributed by atoms with Gasteiger partial charge in [-0.3, -0.25) is 19.7 Å². The van der Waals surface area contributed by atoms with Crippen molar-refractivity contribution in [1.82, 2.24) is 34.3 Å². The zero-order valence-electron chi connectivity index (χ0n) is 26.6. The standard InChI is InChI=1S/C31H41F2N9O4S/c1-20(10-16-47(45)41-13-7-23(8-14-41)36-30-34-18-24(19-35-30)46-29(32)33)40-11-5-21(6-12-40)22-3-4-25-26(17-22)39(2)38-28(25)42-15-9-27(43)37-31(42)44/h3-4,17-21,23,29H,5-16H2,1-2H3,(H,34,35,36)(H,37,43,44). The van der Waals surface area contributed by atoms with Gasteiger partial charge >= 0.3 is 12.6 Å². The lowest BCUT2D eigenvalue weighted by molar-refractivity contribution is -0.120. The number of carbonyl (C=O) groups is 2. The summed E-state index contributed by atoms with van der Waals surface area (Å²) in [5, 5.41) is 11.1. The van der Waals surface area contributed by atoms with Crippen molar-refractivity contribution in [3.05, 3.63) is 36.2 Å². The van der Waals surface area contributed by atoms with Crippen LogP contribution >= 0.6 is 0 Å². The number of aryl methyl sites for hydroxylation is 1. The molecule has 3 aromatic rings. The van der Waals surface area contributed by atoms with Gasteiger partial charge < -0.3 is 15.0 Å². The second-order valence-corrected chi connectivity index (χ2v) is 14.0. The van der Waals surface area contributed by atoms with Gasteiger partial charge in [-0.15, -0.1) is 0 Å². The number of hydrogen-bond acceptors (Lipinski definition) is 9. The van der Waals surface area contributed by atoms with Gasteiger partial charge in [0.25, 0.3) is 0 Å². The third-order valence-electron chi connectivity index (χ3n) is 9.43. The number of anilines is 2. The number of piperidine rings is 2. The van der Waals surface area contributed by atoms with Crippen molar-refractivity contribution in [3.63, 3.8) is 0 Å². The van der Waals surface area contributed by atoms with Crippen LogP contribution in [0, 0.1) is 0 Å². The van der Waals surface area contributed by atoms with Crippen molar-refractivity contribution < 1.29 is 27.3 Å². The number of carbonyl (C=O) groups excluding carboxylic acids is 2. The van der Waals surface area contributed by atoms with E-state index in [2.05, 4.69) is 54.4 Å². The molecule has 6 rings (SSSR count). The number of imide groups is 1. The largest absolute Gasteiger partial charge is 0.432 e. The lowest BCUT2D eigenvalue weighted by Gasteiger charge is -2.37. The monoisotopic (exact) mass is 673 g/mol. The summed E-state index contributed by atoms with van der Waals surface area (Å²) in [5.74, 6) is 1.63. The van der Waals surface area contributed by atoms with E-state index in [1.165, 1.54) is 22.9 Å². The van der Waals surface area contributed by atoms with Crippen LogP contribution in [0.2, 0.25) is 0 Å². The molecule has 0 bridgehead atoms. The number of urea groups is 1. The number of halogens is 2. The second-order valence-electron chi connectivity index (χ2n) is 12.4. The highest BCUT2D eigenvalue weighted by Crippen LogP contribution is 2.34. The normalized spacial score (nSPS) is 20.5. The maximum Gasteiger partial charge on any atom is 0.387 e. The number of ether oxygens (including phenoxy) is 1. The molecule has 13 nitrogen and oxygen atoms in total. The van der Waals surface area contributed by atoms with Crippen molar-refractivity contribution in [2.24, 2.45) is 7.05 Å². The number of nitrogens with one attached hydrogen (secondary N) is 2. The van der Waals surface area contributed by atoms with Crippen LogP contribution in [-0.4, -0.2) is 102 Å². The molecular weight excluding hydrogens is 632 g/mol. The average molecular weight is 674 g/mol. The lowest BCUT2D eigenvalue weighted by atomic mass is 9.88. The highest BCUT2D eigenvalue weighted by molar-refractivity contribution is 7.82. The van der Waals surface area contributed by atoms with Gasteiger partial charge in [0, 0.05) is 56.3 Å². The summed E-state index contributed by atoms with van der Waals surface area (Å²) in [6, 6.07) is 6.38. The minimum Gasteiger partial charge on any atom is -0.432 e. The van der Waals surface area contributed by atoms with E-state index in [4.69, 9.17) is 0 Å². The number of amides is 3. The predicted molar refractivity (Wildman–Crippen MR) is 174 cm³/mol. The summed E-state index contributed by atoms with van der Waals surface area (Å²) in [4.78, 5) is 36.1. The van der Waals surface area contributed by atoms with Gasteiger partial charge in [-0.1, -0.05) is 6.07 Å². The van der Waals surface area contributed by atoms with Crippen molar-refractivity contribution in [2.45, 2.75) is 70.1 Å². The second kappa shape index (κ2) is 14.6. The first kappa shape index (κ1) is 33.2. The molecule has 2 atom stereocenters. The van der Waals surface area contributed by atoms with Crippen LogP contribution in [0.1, 0.15) is 56.9 Å². The molecule has 47 heavy (non-hydrogen) atoms. The summed E-state index contributed by atoms with van der Waals surface area (Å²) >= 11 is 0. The SMILES string of the molecule is CC(CCS(=O)N1CCC(Nc2ncc(OC(F)F)cn2)CC1)N1CCC(c2ccc3c(N4CCC(=O)NC4=O)nn(C)c3c2)CC1. The minimum absolute atomic E-state index is 0.0842. The topological polar surface area (TPSA) is 138 Å². The maximum atomic E-state index is 13.1. The first-order valence-corrected chi connectivity index (χ1v) is 17.4. The van der Waals surface area contributed by atoms with Gasteiger partial charge in [-0.25, -0.2) is 23.3 Å². The Morgan fingerprint density at radius 3 is 2.47 bits per heavy atom. The molecule has 3 fully saturated rings. The predicted octanol–water partition coefficient (Wildman–Crippen LogP) is 3.61. The highest BCUT2D eigenvalue weighted by Gasteiger charge is 2.30. The number of benzene rings is 1. The molecule has 5 heterocycles. The quantitative estimate of drug-likeness (QED) is 0.313. The van der Waals surface area contributed by atoms with Crippen LogP contribution < -0.4 is 20.3 Å². The van der Waals surface area contributed by atoms with Crippen LogP contribution in [0.4, 0.5) is 25.3 Å². The van der Waals surface area contributed by atoms with Crippen LogP contribution in [-0.2, 0) is 22.8 Å².